The monoisotopic (exact) mass is 572 g/mol. The van der Waals surface area contributed by atoms with E-state index in [0.29, 0.717) is 31.9 Å². The topological polar surface area (TPSA) is 77.8 Å². The lowest BCUT2D eigenvalue weighted by atomic mass is 9.96. The largest absolute Gasteiger partial charge is 0.495 e. The summed E-state index contributed by atoms with van der Waals surface area (Å²) in [6.07, 6.45) is -5.18. The highest BCUT2D eigenvalue weighted by molar-refractivity contribution is 6.02. The van der Waals surface area contributed by atoms with Gasteiger partial charge in [0.25, 0.3) is 0 Å². The van der Waals surface area contributed by atoms with E-state index in [9.17, 15) is 23.1 Å². The Balaban J connectivity index is 1.62. The molecule has 1 unspecified atom stereocenters. The fourth-order valence-electron chi connectivity index (χ4n) is 5.31. The van der Waals surface area contributed by atoms with Crippen LogP contribution in [-0.4, -0.2) is 62.3 Å². The molecule has 0 aromatic heterocycles. The number of carbonyl (C=O) groups is 1. The molecule has 216 valence electrons. The van der Waals surface area contributed by atoms with Gasteiger partial charge in [-0.15, -0.1) is 0 Å². The summed E-state index contributed by atoms with van der Waals surface area (Å²) in [6, 6.07) is 13.7. The Morgan fingerprint density at radius 3 is 2.24 bits per heavy atom. The Labute approximate surface area is 234 Å². The number of hydrogen-bond acceptors (Lipinski definition) is 7. The lowest BCUT2D eigenvalue weighted by Gasteiger charge is -2.45. The first-order valence-corrected chi connectivity index (χ1v) is 12.9. The number of aliphatic carboxylic acids is 1. The van der Waals surface area contributed by atoms with Crippen LogP contribution in [0.1, 0.15) is 23.6 Å². The Hall–Kier alpha value is -4.48. The van der Waals surface area contributed by atoms with Crippen molar-refractivity contribution in [3.63, 3.8) is 0 Å². The van der Waals surface area contributed by atoms with Gasteiger partial charge in [0.2, 0.25) is 5.96 Å². The van der Waals surface area contributed by atoms with E-state index in [2.05, 4.69) is 9.89 Å². The second-order valence-corrected chi connectivity index (χ2v) is 9.60. The highest BCUT2D eigenvalue weighted by Crippen LogP contribution is 2.46. The number of aliphatic imine (C=N–C) groups is 1. The molecule has 0 saturated carbocycles. The smallest absolute Gasteiger partial charge is 0.416 e. The molecule has 2 heterocycles. The summed E-state index contributed by atoms with van der Waals surface area (Å²) in [5.74, 6) is -0.925. The number of hydrogen-bond donors (Lipinski definition) is 1. The van der Waals surface area contributed by atoms with Crippen molar-refractivity contribution in [3.8, 4) is 11.5 Å². The van der Waals surface area contributed by atoms with Crippen LogP contribution in [0.5, 0.6) is 11.5 Å². The quantitative estimate of drug-likeness (QED) is 0.380. The van der Waals surface area contributed by atoms with Gasteiger partial charge in [-0.25, -0.2) is 9.38 Å². The zero-order valence-corrected chi connectivity index (χ0v) is 22.4. The summed E-state index contributed by atoms with van der Waals surface area (Å²) in [7, 11) is 2.90. The zero-order chi connectivity index (χ0) is 29.3. The molecule has 3 aromatic rings. The van der Waals surface area contributed by atoms with Gasteiger partial charge in [0.15, 0.2) is 0 Å². The number of piperazine rings is 1. The van der Waals surface area contributed by atoms with E-state index in [0.717, 1.165) is 17.8 Å². The van der Waals surface area contributed by atoms with Crippen LogP contribution >= 0.6 is 0 Å². The average Bonchev–Trinajstić information content (AvgIpc) is 2.96. The van der Waals surface area contributed by atoms with E-state index in [-0.39, 0.29) is 28.6 Å². The predicted octanol–water partition coefficient (Wildman–Crippen LogP) is 5.71. The second-order valence-electron chi connectivity index (χ2n) is 9.60. The lowest BCUT2D eigenvalue weighted by Crippen LogP contribution is -2.55. The van der Waals surface area contributed by atoms with E-state index < -0.39 is 36.0 Å². The van der Waals surface area contributed by atoms with Gasteiger partial charge in [-0.3, -0.25) is 4.79 Å². The molecule has 0 bridgehead atoms. The highest BCUT2D eigenvalue weighted by Gasteiger charge is 2.40. The van der Waals surface area contributed by atoms with Crippen molar-refractivity contribution in [3.05, 3.63) is 77.6 Å². The lowest BCUT2D eigenvalue weighted by molar-refractivity contribution is -0.138. The summed E-state index contributed by atoms with van der Waals surface area (Å²) >= 11 is 0. The van der Waals surface area contributed by atoms with Gasteiger partial charge in [-0.05, 0) is 36.4 Å². The number of para-hydroxylation sites is 3. The summed E-state index contributed by atoms with van der Waals surface area (Å²) < 4.78 is 67.5. The molecule has 1 N–H and O–H groups in total. The van der Waals surface area contributed by atoms with Crippen molar-refractivity contribution >= 4 is 29.0 Å². The van der Waals surface area contributed by atoms with Crippen molar-refractivity contribution < 1.29 is 36.9 Å². The van der Waals surface area contributed by atoms with Gasteiger partial charge < -0.3 is 29.3 Å². The fourth-order valence-corrected chi connectivity index (χ4v) is 5.31. The first kappa shape index (κ1) is 28.1. The molecule has 0 aliphatic carbocycles. The minimum atomic E-state index is -4.67. The molecule has 41 heavy (non-hydrogen) atoms. The molecule has 0 amide bonds. The predicted molar refractivity (Wildman–Crippen MR) is 146 cm³/mol. The van der Waals surface area contributed by atoms with Crippen LogP contribution in [0.15, 0.2) is 65.7 Å². The number of methoxy groups -OCH3 is 2. The number of rotatable bonds is 6. The summed E-state index contributed by atoms with van der Waals surface area (Å²) in [6.45, 7) is 1.75. The van der Waals surface area contributed by atoms with E-state index in [1.165, 1.54) is 30.2 Å². The summed E-state index contributed by atoms with van der Waals surface area (Å²) in [4.78, 5) is 22.0. The Morgan fingerprint density at radius 2 is 1.59 bits per heavy atom. The number of benzene rings is 3. The van der Waals surface area contributed by atoms with Crippen LogP contribution in [-0.2, 0) is 11.0 Å². The number of guanidine groups is 1. The Kier molecular flexibility index (Phi) is 7.65. The summed E-state index contributed by atoms with van der Waals surface area (Å²) in [5, 5.41) is 9.84. The van der Waals surface area contributed by atoms with Crippen LogP contribution in [0.2, 0.25) is 0 Å². The second kappa shape index (κ2) is 11.2. The maximum atomic E-state index is 15.1. The molecule has 2 aliphatic heterocycles. The fraction of sp³-hybridized carbons (Fsp3) is 0.310. The maximum absolute atomic E-state index is 15.1. The number of fused-ring (bicyclic) bond motifs is 1. The normalized spacial score (nSPS) is 17.2. The molecular formula is C29H28F4N4O4. The van der Waals surface area contributed by atoms with Crippen molar-refractivity contribution in [2.24, 2.45) is 4.99 Å². The third kappa shape index (κ3) is 5.46. The van der Waals surface area contributed by atoms with E-state index >= 15 is 4.39 Å². The number of halogens is 4. The third-order valence-corrected chi connectivity index (χ3v) is 7.24. The molecule has 8 nitrogen and oxygen atoms in total. The molecule has 1 atom stereocenters. The van der Waals surface area contributed by atoms with Crippen LogP contribution in [0, 0.1) is 5.82 Å². The number of anilines is 2. The van der Waals surface area contributed by atoms with Crippen LogP contribution in [0.4, 0.5) is 34.6 Å². The van der Waals surface area contributed by atoms with Crippen molar-refractivity contribution in [2.75, 3.05) is 50.2 Å². The number of ether oxygens (including phenoxy) is 2. The minimum absolute atomic E-state index is 0.0191. The highest BCUT2D eigenvalue weighted by atomic mass is 19.4. The Bertz CT molecular complexity index is 1470. The van der Waals surface area contributed by atoms with E-state index in [1.54, 1.807) is 13.2 Å². The third-order valence-electron chi connectivity index (χ3n) is 7.24. The number of carboxylic acids is 1. The van der Waals surface area contributed by atoms with Gasteiger partial charge in [0.1, 0.15) is 23.0 Å². The van der Waals surface area contributed by atoms with Gasteiger partial charge >= 0.3 is 12.1 Å². The van der Waals surface area contributed by atoms with E-state index in [4.69, 9.17) is 9.47 Å². The summed E-state index contributed by atoms with van der Waals surface area (Å²) in [5.41, 5.74) is 0.144. The van der Waals surface area contributed by atoms with Crippen molar-refractivity contribution in [1.82, 2.24) is 4.90 Å². The number of nitrogens with zero attached hydrogens (tertiary/aromatic N) is 4. The molecule has 5 rings (SSSR count). The van der Waals surface area contributed by atoms with Gasteiger partial charge in [0, 0.05) is 31.7 Å². The Morgan fingerprint density at radius 1 is 0.927 bits per heavy atom. The molecule has 3 aromatic carbocycles. The van der Waals surface area contributed by atoms with Crippen molar-refractivity contribution in [2.45, 2.75) is 18.6 Å². The molecule has 12 heteroatoms. The maximum Gasteiger partial charge on any atom is 0.416 e. The molecule has 0 radical (unpaired) electrons. The average molecular weight is 573 g/mol. The first-order valence-electron chi connectivity index (χ1n) is 12.9. The van der Waals surface area contributed by atoms with Gasteiger partial charge in [-0.2, -0.15) is 13.2 Å². The van der Waals surface area contributed by atoms with Crippen molar-refractivity contribution in [1.29, 1.82) is 0 Å². The van der Waals surface area contributed by atoms with Crippen LogP contribution in [0.3, 0.4) is 0 Å². The number of alkyl halides is 3. The standard InChI is InChI=1S/C29H28F4N4O4/c1-40-24-9-4-3-8-21(24)35-12-14-36(15-13-35)28-34-27-19(6-5-7-20(27)30)22(17-26(38)39)37(28)23-16-18(29(31,32)33)10-11-25(23)41-2/h3-11,16,22H,12-15,17H2,1-2H3,(H,38,39). The number of carboxylic acid groups (broad SMARTS) is 1. The van der Waals surface area contributed by atoms with Crippen LogP contribution in [0.25, 0.3) is 0 Å². The van der Waals surface area contributed by atoms with Gasteiger partial charge in [0.05, 0.1) is 43.6 Å². The molecular weight excluding hydrogens is 544 g/mol. The first-order chi connectivity index (χ1) is 19.6. The molecule has 2 aliphatic rings. The van der Waals surface area contributed by atoms with E-state index in [1.807, 2.05) is 29.2 Å². The molecule has 1 fully saturated rings. The zero-order valence-electron chi connectivity index (χ0n) is 22.4. The molecule has 0 spiro atoms. The van der Waals surface area contributed by atoms with Crippen LogP contribution < -0.4 is 19.3 Å². The SMILES string of the molecule is COc1ccccc1N1CCN(C2=Nc3c(F)cccc3C(CC(=O)O)N2c2cc(C(F)(F)F)ccc2OC)CC1. The minimum Gasteiger partial charge on any atom is -0.495 e. The molecule has 1 saturated heterocycles. The van der Waals surface area contributed by atoms with Gasteiger partial charge in [-0.1, -0.05) is 24.3 Å².